The van der Waals surface area contributed by atoms with Crippen LogP contribution in [-0.2, 0) is 14.2 Å². The Balaban J connectivity index is 1.69. The molecule has 1 N–H and O–H groups in total. The van der Waals surface area contributed by atoms with E-state index in [1.54, 1.807) is 36.4 Å². The molecule has 1 aliphatic rings. The summed E-state index contributed by atoms with van der Waals surface area (Å²) in [5.74, 6) is -1.81. The van der Waals surface area contributed by atoms with Crippen molar-refractivity contribution in [1.82, 2.24) is 9.55 Å². The zero-order valence-corrected chi connectivity index (χ0v) is 18.4. The summed E-state index contributed by atoms with van der Waals surface area (Å²) in [6, 6.07) is 16.4. The molecule has 4 atom stereocenters. The smallest absolute Gasteiger partial charge is 0.338 e. The Hall–Kier alpha value is -4.74. The van der Waals surface area contributed by atoms with E-state index in [-0.39, 0.29) is 11.1 Å². The van der Waals surface area contributed by atoms with Crippen LogP contribution >= 0.6 is 0 Å². The Morgan fingerprint density at radius 1 is 1.06 bits per heavy atom. The molecular weight excluding hydrogens is 477 g/mol. The highest BCUT2D eigenvalue weighted by atomic mass is 19.1. The Kier molecular flexibility index (Phi) is 6.95. The molecule has 1 saturated heterocycles. The van der Waals surface area contributed by atoms with Gasteiger partial charge in [0.25, 0.3) is 5.56 Å². The molecule has 0 radical (unpaired) electrons. The second-order valence-corrected chi connectivity index (χ2v) is 7.64. The zero-order valence-electron chi connectivity index (χ0n) is 18.4. The van der Waals surface area contributed by atoms with E-state index in [1.165, 1.54) is 24.3 Å². The third-order valence-corrected chi connectivity index (χ3v) is 5.34. The monoisotopic (exact) mass is 495 g/mol. The molecule has 36 heavy (non-hydrogen) atoms. The summed E-state index contributed by atoms with van der Waals surface area (Å²) < 4.78 is 32.8. The van der Waals surface area contributed by atoms with Gasteiger partial charge in [0.2, 0.25) is 5.72 Å². The van der Waals surface area contributed by atoms with Gasteiger partial charge in [0.1, 0.15) is 6.61 Å². The van der Waals surface area contributed by atoms with Crippen molar-refractivity contribution in [1.29, 1.82) is 0 Å². The number of nitrogens with one attached hydrogen (secondary N) is 1. The van der Waals surface area contributed by atoms with Gasteiger partial charge in [-0.15, -0.1) is 0 Å². The van der Waals surface area contributed by atoms with Crippen molar-refractivity contribution in [3.63, 3.8) is 0 Å². The molecule has 4 rings (SSSR count). The van der Waals surface area contributed by atoms with E-state index in [4.69, 9.17) is 19.7 Å². The largest absolute Gasteiger partial charge is 0.459 e. The van der Waals surface area contributed by atoms with Crippen LogP contribution in [0.5, 0.6) is 0 Å². The number of alkyl halides is 1. The van der Waals surface area contributed by atoms with E-state index >= 15 is 4.39 Å². The van der Waals surface area contributed by atoms with Crippen LogP contribution in [-0.4, -0.2) is 46.1 Å². The molecule has 1 unspecified atom stereocenters. The van der Waals surface area contributed by atoms with Gasteiger partial charge in [-0.2, -0.15) is 0 Å². The number of H-pyrrole nitrogens is 1. The molecule has 2 aromatic carbocycles. The van der Waals surface area contributed by atoms with Gasteiger partial charge in [-0.3, -0.25) is 14.3 Å². The maximum atomic E-state index is 15.9. The van der Waals surface area contributed by atoms with E-state index in [0.29, 0.717) is 0 Å². The van der Waals surface area contributed by atoms with E-state index in [1.807, 2.05) is 4.98 Å². The number of nitrogens with zero attached hydrogens (tertiary/aromatic N) is 4. The minimum atomic E-state index is -2.50. The molecule has 0 bridgehead atoms. The lowest BCUT2D eigenvalue weighted by Crippen LogP contribution is -2.44. The minimum Gasteiger partial charge on any atom is -0.459 e. The normalized spacial score (nSPS) is 22.9. The van der Waals surface area contributed by atoms with E-state index < -0.39 is 54.0 Å². The van der Waals surface area contributed by atoms with Crippen molar-refractivity contribution in [3.05, 3.63) is 115 Å². The number of azide groups is 1. The highest BCUT2D eigenvalue weighted by Gasteiger charge is 2.60. The molecule has 1 aliphatic heterocycles. The molecule has 2 heterocycles. The van der Waals surface area contributed by atoms with Crippen molar-refractivity contribution in [3.8, 4) is 0 Å². The van der Waals surface area contributed by atoms with Gasteiger partial charge in [-0.25, -0.2) is 18.8 Å². The van der Waals surface area contributed by atoms with Gasteiger partial charge in [-0.05, 0) is 29.8 Å². The predicted octanol–water partition coefficient (Wildman–Crippen LogP) is 2.49. The Bertz CT molecular complexity index is 1420. The second kappa shape index (κ2) is 10.3. The number of rotatable bonds is 7. The van der Waals surface area contributed by atoms with Gasteiger partial charge in [-0.1, -0.05) is 41.5 Å². The molecule has 12 nitrogen and oxygen atoms in total. The van der Waals surface area contributed by atoms with Gasteiger partial charge in [0.05, 0.1) is 11.1 Å². The number of benzene rings is 2. The van der Waals surface area contributed by atoms with Crippen LogP contribution in [0, 0.1) is 0 Å². The van der Waals surface area contributed by atoms with Crippen LogP contribution in [0.25, 0.3) is 10.4 Å². The second-order valence-electron chi connectivity index (χ2n) is 7.64. The minimum absolute atomic E-state index is 0.0778. The third kappa shape index (κ3) is 4.87. The fraction of sp³-hybridized carbons (Fsp3) is 0.217. The molecular formula is C23H18FN5O7. The first kappa shape index (κ1) is 24.4. The fourth-order valence-corrected chi connectivity index (χ4v) is 3.59. The number of hydrogen-bond donors (Lipinski definition) is 1. The highest BCUT2D eigenvalue weighted by Crippen LogP contribution is 2.42. The lowest BCUT2D eigenvalue weighted by molar-refractivity contribution is -0.119. The number of ether oxygens (including phenoxy) is 3. The molecule has 184 valence electrons. The van der Waals surface area contributed by atoms with E-state index in [9.17, 15) is 19.2 Å². The molecule has 0 amide bonds. The molecule has 1 aromatic heterocycles. The summed E-state index contributed by atoms with van der Waals surface area (Å²) in [5.41, 5.74) is 5.12. The Morgan fingerprint density at radius 3 is 2.25 bits per heavy atom. The first-order valence-electron chi connectivity index (χ1n) is 10.5. The quantitative estimate of drug-likeness (QED) is 0.227. The van der Waals surface area contributed by atoms with Gasteiger partial charge < -0.3 is 14.2 Å². The van der Waals surface area contributed by atoms with Crippen LogP contribution in [0.4, 0.5) is 4.39 Å². The lowest BCUT2D eigenvalue weighted by atomic mass is 10.1. The predicted molar refractivity (Wildman–Crippen MR) is 121 cm³/mol. The summed E-state index contributed by atoms with van der Waals surface area (Å²) in [4.78, 5) is 53.7. The number of esters is 2. The number of carbonyl (C=O) groups is 2. The molecule has 1 fully saturated rings. The number of aromatic nitrogens is 2. The average molecular weight is 495 g/mol. The molecule has 0 spiro atoms. The van der Waals surface area contributed by atoms with Crippen molar-refractivity contribution in [2.75, 3.05) is 6.61 Å². The van der Waals surface area contributed by atoms with E-state index in [2.05, 4.69) is 10.0 Å². The summed E-state index contributed by atoms with van der Waals surface area (Å²) >= 11 is 0. The average Bonchev–Trinajstić information content (AvgIpc) is 3.15. The summed E-state index contributed by atoms with van der Waals surface area (Å²) in [6.45, 7) is -0.903. The van der Waals surface area contributed by atoms with Gasteiger partial charge in [0, 0.05) is 17.2 Å². The van der Waals surface area contributed by atoms with Crippen molar-refractivity contribution in [2.24, 2.45) is 5.11 Å². The standard InChI is InChI=1S/C23H18FN5O7/c24-18-17(35-21(32)15-9-5-2-6-10-15)19(29-12-11-16(30)26-22(29)33)36-23(18,27-28-25)13-34-20(31)14-7-3-1-4-8-14/h1-12,17-19H,13H2,(H,26,30,33)/t17-,18+,19?,23-/m1/s1. The van der Waals surface area contributed by atoms with Gasteiger partial charge in [0.15, 0.2) is 18.5 Å². The molecule has 13 heteroatoms. The summed E-state index contributed by atoms with van der Waals surface area (Å²) in [5, 5.41) is 3.38. The summed E-state index contributed by atoms with van der Waals surface area (Å²) in [6.07, 6.45) is -4.89. The molecule has 0 aliphatic carbocycles. The van der Waals surface area contributed by atoms with Crippen molar-refractivity contribution in [2.45, 2.75) is 24.2 Å². The number of hydrogen-bond acceptors (Lipinski definition) is 8. The van der Waals surface area contributed by atoms with Crippen LogP contribution < -0.4 is 11.2 Å². The third-order valence-electron chi connectivity index (χ3n) is 5.34. The number of halogens is 1. The first-order valence-corrected chi connectivity index (χ1v) is 10.5. The molecule has 0 saturated carbocycles. The summed E-state index contributed by atoms with van der Waals surface area (Å²) in [7, 11) is 0. The van der Waals surface area contributed by atoms with Gasteiger partial charge >= 0.3 is 17.6 Å². The first-order chi connectivity index (χ1) is 17.3. The van der Waals surface area contributed by atoms with Crippen molar-refractivity contribution >= 4 is 11.9 Å². The Labute approximate surface area is 201 Å². The number of aromatic amines is 1. The highest BCUT2D eigenvalue weighted by molar-refractivity contribution is 5.90. The van der Waals surface area contributed by atoms with Crippen LogP contribution in [0.1, 0.15) is 26.9 Å². The van der Waals surface area contributed by atoms with Crippen LogP contribution in [0.15, 0.2) is 87.6 Å². The van der Waals surface area contributed by atoms with Crippen molar-refractivity contribution < 1.29 is 28.2 Å². The van der Waals surface area contributed by atoms with Crippen LogP contribution in [0.3, 0.4) is 0 Å². The fourth-order valence-electron chi connectivity index (χ4n) is 3.59. The lowest BCUT2D eigenvalue weighted by Gasteiger charge is -2.24. The van der Waals surface area contributed by atoms with Crippen LogP contribution in [0.2, 0.25) is 0 Å². The maximum absolute atomic E-state index is 15.9. The molecule has 3 aromatic rings. The van der Waals surface area contributed by atoms with E-state index in [0.717, 1.165) is 16.8 Å². The zero-order chi connectivity index (χ0) is 25.7. The number of carbonyl (C=O) groups excluding carboxylic acids is 2. The topological polar surface area (TPSA) is 165 Å². The maximum Gasteiger partial charge on any atom is 0.338 e. The Morgan fingerprint density at radius 2 is 1.67 bits per heavy atom. The SMILES string of the molecule is [N-]=[N+]=N[C@]1(COC(=O)c2ccccc2)OC(n2ccc(=O)[nH]c2=O)[C@H](OC(=O)c2ccccc2)[C@@H]1F.